The first-order valence-electron chi connectivity index (χ1n) is 8.78. The molecule has 0 bridgehead atoms. The minimum atomic E-state index is -0.306. The van der Waals surface area contributed by atoms with Gasteiger partial charge in [-0.3, -0.25) is 9.59 Å². The molecule has 2 amide bonds. The second-order valence-electron chi connectivity index (χ2n) is 6.63. The van der Waals surface area contributed by atoms with E-state index in [4.69, 9.17) is 0 Å². The van der Waals surface area contributed by atoms with E-state index in [0.29, 0.717) is 28.9 Å². The minimum Gasteiger partial charge on any atom is -0.341 e. The third kappa shape index (κ3) is 4.56. The first-order chi connectivity index (χ1) is 12.5. The van der Waals surface area contributed by atoms with Crippen molar-refractivity contribution in [1.29, 1.82) is 0 Å². The van der Waals surface area contributed by atoms with Crippen LogP contribution in [0.1, 0.15) is 37.2 Å². The normalized spacial score (nSPS) is 14.8. The van der Waals surface area contributed by atoms with Crippen molar-refractivity contribution in [3.8, 4) is 0 Å². The molecule has 26 heavy (non-hydrogen) atoms. The number of hydrogen-bond acceptors (Lipinski definition) is 5. The van der Waals surface area contributed by atoms with E-state index in [1.807, 2.05) is 0 Å². The Kier molecular flexibility index (Phi) is 5.46. The molecule has 1 fully saturated rings. The highest BCUT2D eigenvalue weighted by atomic mass is 16.2. The van der Waals surface area contributed by atoms with Gasteiger partial charge < -0.3 is 15.5 Å². The van der Waals surface area contributed by atoms with Crippen molar-refractivity contribution in [2.24, 2.45) is 5.92 Å². The van der Waals surface area contributed by atoms with Crippen molar-refractivity contribution in [2.45, 2.75) is 26.7 Å². The number of anilines is 3. The number of carbonyl (C=O) groups excluding carboxylic acids is 2. The fraction of sp³-hybridized carbons (Fsp3) is 0.368. The fourth-order valence-electron chi connectivity index (χ4n) is 2.91. The smallest absolute Gasteiger partial charge is 0.274 e. The number of benzene rings is 1. The van der Waals surface area contributed by atoms with Crippen LogP contribution in [0.4, 0.5) is 17.3 Å². The largest absolute Gasteiger partial charge is 0.341 e. The number of rotatable bonds is 4. The van der Waals surface area contributed by atoms with Crippen molar-refractivity contribution < 1.29 is 9.59 Å². The Morgan fingerprint density at radius 3 is 2.50 bits per heavy atom. The van der Waals surface area contributed by atoms with Gasteiger partial charge in [-0.05, 0) is 43.0 Å². The second-order valence-corrected chi connectivity index (χ2v) is 6.63. The lowest BCUT2D eigenvalue weighted by atomic mass is 10.00. The Morgan fingerprint density at radius 1 is 1.12 bits per heavy atom. The van der Waals surface area contributed by atoms with Crippen molar-refractivity contribution >= 4 is 29.1 Å². The van der Waals surface area contributed by atoms with Gasteiger partial charge in [0.25, 0.3) is 5.91 Å². The maximum Gasteiger partial charge on any atom is 0.274 e. The summed E-state index contributed by atoms with van der Waals surface area (Å²) in [4.78, 5) is 34.5. The van der Waals surface area contributed by atoms with Crippen LogP contribution in [-0.2, 0) is 4.79 Å². The number of amides is 2. The predicted octanol–water partition coefficient (Wildman–Crippen LogP) is 2.92. The highest BCUT2D eigenvalue weighted by Crippen LogP contribution is 2.20. The summed E-state index contributed by atoms with van der Waals surface area (Å²) in [6.45, 7) is 5.50. The molecule has 136 valence electrons. The zero-order valence-corrected chi connectivity index (χ0v) is 15.0. The van der Waals surface area contributed by atoms with Crippen molar-refractivity contribution in [1.82, 2.24) is 9.97 Å². The molecular formula is C19H23N5O2. The topological polar surface area (TPSA) is 87.2 Å². The summed E-state index contributed by atoms with van der Waals surface area (Å²) in [5.41, 5.74) is 1.54. The summed E-state index contributed by atoms with van der Waals surface area (Å²) < 4.78 is 0. The lowest BCUT2D eigenvalue weighted by Crippen LogP contribution is -2.34. The first kappa shape index (κ1) is 17.8. The molecule has 0 spiro atoms. The Bertz CT molecular complexity index is 800. The molecule has 0 unspecified atom stereocenters. The highest BCUT2D eigenvalue weighted by molar-refractivity contribution is 6.03. The molecule has 0 aliphatic carbocycles. The van der Waals surface area contributed by atoms with Crippen molar-refractivity contribution in [3.05, 3.63) is 42.2 Å². The number of aromatic nitrogens is 2. The van der Waals surface area contributed by atoms with Crippen LogP contribution in [0.5, 0.6) is 0 Å². The van der Waals surface area contributed by atoms with Crippen LogP contribution < -0.4 is 15.5 Å². The number of nitrogens with zero attached hydrogens (tertiary/aromatic N) is 3. The number of piperidine rings is 1. The molecule has 7 heteroatoms. The Morgan fingerprint density at radius 2 is 1.81 bits per heavy atom. The van der Waals surface area contributed by atoms with Crippen molar-refractivity contribution in [3.63, 3.8) is 0 Å². The molecule has 3 rings (SSSR count). The van der Waals surface area contributed by atoms with Crippen LogP contribution in [0, 0.1) is 5.92 Å². The van der Waals surface area contributed by atoms with Gasteiger partial charge in [0.15, 0.2) is 0 Å². The van der Waals surface area contributed by atoms with Gasteiger partial charge in [0.05, 0.1) is 0 Å². The molecule has 2 heterocycles. The zero-order chi connectivity index (χ0) is 18.5. The van der Waals surface area contributed by atoms with Gasteiger partial charge >= 0.3 is 0 Å². The molecular weight excluding hydrogens is 330 g/mol. The van der Waals surface area contributed by atoms with Crippen molar-refractivity contribution in [2.75, 3.05) is 28.6 Å². The van der Waals surface area contributed by atoms with Gasteiger partial charge in [-0.2, -0.15) is 0 Å². The average Bonchev–Trinajstić information content (AvgIpc) is 2.62. The molecule has 1 aromatic carbocycles. The van der Waals surface area contributed by atoms with Gasteiger partial charge in [0, 0.05) is 37.6 Å². The van der Waals surface area contributed by atoms with Crippen LogP contribution in [0.2, 0.25) is 0 Å². The lowest BCUT2D eigenvalue weighted by molar-refractivity contribution is -0.114. The van der Waals surface area contributed by atoms with E-state index >= 15 is 0 Å². The molecule has 1 saturated heterocycles. The summed E-state index contributed by atoms with van der Waals surface area (Å²) in [5, 5.41) is 5.50. The van der Waals surface area contributed by atoms with E-state index < -0.39 is 0 Å². The van der Waals surface area contributed by atoms with Crippen LogP contribution in [0.3, 0.4) is 0 Å². The molecule has 0 radical (unpaired) electrons. The third-order valence-electron chi connectivity index (χ3n) is 4.38. The monoisotopic (exact) mass is 353 g/mol. The summed E-state index contributed by atoms with van der Waals surface area (Å²) in [6, 6.07) is 8.59. The van der Waals surface area contributed by atoms with E-state index in [1.54, 1.807) is 36.5 Å². The number of hydrogen-bond donors (Lipinski definition) is 2. The summed E-state index contributed by atoms with van der Waals surface area (Å²) in [6.07, 6.45) is 3.83. The zero-order valence-electron chi connectivity index (χ0n) is 15.0. The quantitative estimate of drug-likeness (QED) is 0.882. The average molecular weight is 353 g/mol. The van der Waals surface area contributed by atoms with Gasteiger partial charge in [0.1, 0.15) is 5.69 Å². The molecule has 1 aliphatic rings. The fourth-order valence-corrected chi connectivity index (χ4v) is 2.91. The molecule has 7 nitrogen and oxygen atoms in total. The van der Waals surface area contributed by atoms with E-state index in [2.05, 4.69) is 32.4 Å². The van der Waals surface area contributed by atoms with Crippen LogP contribution in [0.15, 0.2) is 36.5 Å². The molecule has 1 aromatic heterocycles. The first-order valence-corrected chi connectivity index (χ1v) is 8.78. The van der Waals surface area contributed by atoms with Gasteiger partial charge in [-0.1, -0.05) is 13.0 Å². The van der Waals surface area contributed by atoms with Gasteiger partial charge in [-0.15, -0.1) is 0 Å². The molecule has 2 N–H and O–H groups in total. The second kappa shape index (κ2) is 7.95. The van der Waals surface area contributed by atoms with E-state index in [-0.39, 0.29) is 11.8 Å². The predicted molar refractivity (Wildman–Crippen MR) is 101 cm³/mol. The minimum absolute atomic E-state index is 0.162. The summed E-state index contributed by atoms with van der Waals surface area (Å²) >= 11 is 0. The summed E-state index contributed by atoms with van der Waals surface area (Å²) in [5.74, 6) is 0.842. The Balaban J connectivity index is 1.70. The third-order valence-corrected chi connectivity index (χ3v) is 4.38. The van der Waals surface area contributed by atoms with Gasteiger partial charge in [0.2, 0.25) is 11.9 Å². The van der Waals surface area contributed by atoms with E-state index in [1.165, 1.54) is 6.92 Å². The molecule has 1 aliphatic heterocycles. The molecule has 0 atom stereocenters. The Labute approximate surface area is 152 Å². The lowest BCUT2D eigenvalue weighted by Gasteiger charge is -2.30. The van der Waals surface area contributed by atoms with Crippen LogP contribution >= 0.6 is 0 Å². The standard InChI is InChI=1S/C19H23N5O2/c1-13-7-10-24(11-8-13)19-20-9-6-17(23-19)18(26)22-16-5-3-4-15(12-16)21-14(2)25/h3-6,9,12-13H,7-8,10-11H2,1-2H3,(H,21,25)(H,22,26). The maximum atomic E-state index is 12.5. The van der Waals surface area contributed by atoms with Crippen LogP contribution in [0.25, 0.3) is 0 Å². The maximum absolute atomic E-state index is 12.5. The SMILES string of the molecule is CC(=O)Nc1cccc(NC(=O)c2ccnc(N3CCC(C)CC3)n2)c1. The van der Waals surface area contributed by atoms with Gasteiger partial charge in [-0.25, -0.2) is 9.97 Å². The van der Waals surface area contributed by atoms with E-state index in [9.17, 15) is 9.59 Å². The summed E-state index contributed by atoms with van der Waals surface area (Å²) in [7, 11) is 0. The van der Waals surface area contributed by atoms with Crippen LogP contribution in [-0.4, -0.2) is 34.9 Å². The molecule has 0 saturated carbocycles. The van der Waals surface area contributed by atoms with E-state index in [0.717, 1.165) is 25.9 Å². The Hall–Kier alpha value is -2.96. The number of carbonyl (C=O) groups is 2. The number of nitrogens with one attached hydrogen (secondary N) is 2. The highest BCUT2D eigenvalue weighted by Gasteiger charge is 2.19. The molecule has 2 aromatic rings.